The number of piperidine rings is 1. The van der Waals surface area contributed by atoms with E-state index in [0.29, 0.717) is 16.7 Å². The highest BCUT2D eigenvalue weighted by Gasteiger charge is 2.31. The van der Waals surface area contributed by atoms with Crippen LogP contribution in [-0.2, 0) is 21.5 Å². The third-order valence-corrected chi connectivity index (χ3v) is 9.91. The van der Waals surface area contributed by atoms with Gasteiger partial charge in [-0.15, -0.1) is 0 Å². The minimum atomic E-state index is -2.69. The Kier molecular flexibility index (Phi) is 6.62. The Morgan fingerprint density at radius 3 is 2.40 bits per heavy atom. The van der Waals surface area contributed by atoms with Crippen molar-refractivity contribution >= 4 is 37.6 Å². The van der Waals surface area contributed by atoms with Gasteiger partial charge in [0.25, 0.3) is 0 Å². The number of rotatable bonds is 5. The molecule has 1 saturated heterocycles. The molecule has 2 aliphatic rings. The van der Waals surface area contributed by atoms with Crippen molar-refractivity contribution in [2.45, 2.75) is 56.3 Å². The van der Waals surface area contributed by atoms with Gasteiger partial charge < -0.3 is 14.2 Å². The van der Waals surface area contributed by atoms with Crippen LogP contribution in [0.5, 0.6) is 0 Å². The largest absolute Gasteiger partial charge is 0.350 e. The first-order chi connectivity index (χ1) is 16.9. The molecule has 2 aromatic carbocycles. The second-order valence-corrected chi connectivity index (χ2v) is 12.2. The number of amides is 1. The number of carbonyl (C=O) groups is 1. The molecule has 35 heavy (non-hydrogen) atoms. The number of hydrogen-bond acceptors (Lipinski definition) is 2. The first-order valence-electron chi connectivity index (χ1n) is 12.6. The zero-order chi connectivity index (χ0) is 24.6. The smallest absolute Gasteiger partial charge is 0.225 e. The number of nitrogens with zero attached hydrogens (tertiary/aromatic N) is 2. The minimum absolute atomic E-state index is 0.240. The molecule has 0 radical (unpaired) electrons. The number of aromatic nitrogens is 1. The lowest BCUT2D eigenvalue weighted by atomic mass is 9.88. The molecule has 1 saturated carbocycles. The average molecular weight is 496 g/mol. The van der Waals surface area contributed by atoms with Gasteiger partial charge in [0.1, 0.15) is 5.82 Å². The summed E-state index contributed by atoms with van der Waals surface area (Å²) in [6.45, 7) is 3.39. The highest BCUT2D eigenvalue weighted by atomic mass is 32.2. The van der Waals surface area contributed by atoms with E-state index >= 15 is 0 Å². The van der Waals surface area contributed by atoms with Gasteiger partial charge in [0, 0.05) is 53.7 Å². The molecule has 186 valence electrons. The molecule has 0 bridgehead atoms. The van der Waals surface area contributed by atoms with Gasteiger partial charge in [-0.2, -0.15) is 0 Å². The van der Waals surface area contributed by atoms with Crippen molar-refractivity contribution in [2.24, 2.45) is 13.0 Å². The number of likely N-dealkylation sites (tertiary alicyclic amines) is 1. The summed E-state index contributed by atoms with van der Waals surface area (Å²) in [6.07, 6.45) is 8.60. The van der Waals surface area contributed by atoms with Crippen molar-refractivity contribution in [3.63, 3.8) is 0 Å². The van der Waals surface area contributed by atoms with Gasteiger partial charge in [0.15, 0.2) is 0 Å². The average Bonchev–Trinajstić information content (AvgIpc) is 3.52. The summed E-state index contributed by atoms with van der Waals surface area (Å²) in [7, 11) is -0.638. The van der Waals surface area contributed by atoms with Crippen LogP contribution in [0.2, 0.25) is 0 Å². The third-order valence-electron chi connectivity index (χ3n) is 7.74. The van der Waals surface area contributed by atoms with Crippen molar-refractivity contribution in [3.8, 4) is 0 Å². The topological polar surface area (TPSA) is 54.3 Å². The molecule has 7 heteroatoms. The number of carbonyl (C=O) groups excluding carboxylic acids is 1. The molecule has 1 amide bonds. The van der Waals surface area contributed by atoms with Crippen LogP contribution >= 0.6 is 0 Å². The SMILES string of the molecule is CC=S(=O)(Nc1ccc2c(c1)c(C1CCN(C(=O)C3CCCC3)CC1)cn2C)c1ccc(F)cc1. The van der Waals surface area contributed by atoms with Gasteiger partial charge in [0.2, 0.25) is 5.91 Å². The van der Waals surface area contributed by atoms with Gasteiger partial charge in [-0.3, -0.25) is 4.79 Å². The fourth-order valence-electron chi connectivity index (χ4n) is 5.72. The quantitative estimate of drug-likeness (QED) is 0.461. The fraction of sp³-hybridized carbons (Fsp3) is 0.429. The van der Waals surface area contributed by atoms with E-state index in [-0.39, 0.29) is 11.7 Å². The number of nitrogens with one attached hydrogen (secondary N) is 1. The Bertz CT molecular complexity index is 1340. The third kappa shape index (κ3) is 4.70. The number of benzene rings is 2. The van der Waals surface area contributed by atoms with Crippen molar-refractivity contribution in [1.82, 2.24) is 9.47 Å². The maximum absolute atomic E-state index is 13.6. The van der Waals surface area contributed by atoms with Crippen molar-refractivity contribution in [1.29, 1.82) is 0 Å². The molecule has 1 aliphatic heterocycles. The molecule has 5 nitrogen and oxygen atoms in total. The summed E-state index contributed by atoms with van der Waals surface area (Å²) in [6, 6.07) is 11.9. The minimum Gasteiger partial charge on any atom is -0.350 e. The van der Waals surface area contributed by atoms with Crippen LogP contribution < -0.4 is 4.72 Å². The summed E-state index contributed by atoms with van der Waals surface area (Å²) >= 11 is 0. The summed E-state index contributed by atoms with van der Waals surface area (Å²) in [5.41, 5.74) is 3.18. The molecule has 3 aromatic rings. The Balaban J connectivity index is 1.37. The lowest BCUT2D eigenvalue weighted by Crippen LogP contribution is -2.40. The van der Waals surface area contributed by atoms with E-state index in [1.807, 2.05) is 6.07 Å². The van der Waals surface area contributed by atoms with Crippen LogP contribution in [0.4, 0.5) is 10.1 Å². The molecule has 1 aliphatic carbocycles. The first-order valence-corrected chi connectivity index (χ1v) is 14.2. The maximum Gasteiger partial charge on any atom is 0.225 e. The normalized spacial score (nSPS) is 19.1. The van der Waals surface area contributed by atoms with E-state index < -0.39 is 9.71 Å². The summed E-state index contributed by atoms with van der Waals surface area (Å²) in [5.74, 6) is 0.638. The number of halogens is 1. The molecule has 1 aromatic heterocycles. The predicted octanol–water partition coefficient (Wildman–Crippen LogP) is 5.71. The van der Waals surface area contributed by atoms with E-state index in [2.05, 4.69) is 39.6 Å². The lowest BCUT2D eigenvalue weighted by molar-refractivity contribution is -0.136. The van der Waals surface area contributed by atoms with Gasteiger partial charge in [-0.05, 0) is 91.9 Å². The van der Waals surface area contributed by atoms with Crippen LogP contribution in [0, 0.1) is 11.7 Å². The van der Waals surface area contributed by atoms with E-state index in [4.69, 9.17) is 0 Å². The zero-order valence-corrected chi connectivity index (χ0v) is 21.3. The van der Waals surface area contributed by atoms with Crippen LogP contribution in [0.25, 0.3) is 10.9 Å². The van der Waals surface area contributed by atoms with Crippen molar-refractivity contribution < 1.29 is 13.4 Å². The van der Waals surface area contributed by atoms with E-state index in [1.165, 1.54) is 30.5 Å². The molecule has 1 atom stereocenters. The highest BCUT2D eigenvalue weighted by molar-refractivity contribution is 8.02. The summed E-state index contributed by atoms with van der Waals surface area (Å²) < 4.78 is 32.4. The molecular formula is C28H34FN3O2S. The number of anilines is 1. The second kappa shape index (κ2) is 9.69. The molecule has 0 spiro atoms. The van der Waals surface area contributed by atoms with E-state index in [0.717, 1.165) is 55.4 Å². The van der Waals surface area contributed by atoms with E-state index in [9.17, 15) is 13.4 Å². The Morgan fingerprint density at radius 1 is 1.06 bits per heavy atom. The molecule has 2 fully saturated rings. The van der Waals surface area contributed by atoms with Crippen LogP contribution in [0.1, 0.15) is 56.9 Å². The van der Waals surface area contributed by atoms with Crippen molar-refractivity contribution in [2.75, 3.05) is 17.8 Å². The molecular weight excluding hydrogens is 461 g/mol. The Hall–Kier alpha value is -2.80. The number of hydrogen-bond donors (Lipinski definition) is 1. The second-order valence-electron chi connectivity index (χ2n) is 9.90. The standard InChI is InChI=1S/C28H34FN3O2S/c1-3-35(34,24-11-8-22(29)9-12-24)30-23-10-13-27-25(18-23)26(19-31(27)2)20-14-16-32(17-15-20)28(33)21-6-4-5-7-21/h3,8-13,18-21H,4-7,14-17H2,1-2H3,(H,30,34). The molecule has 2 heterocycles. The van der Waals surface area contributed by atoms with Crippen molar-refractivity contribution in [3.05, 3.63) is 60.0 Å². The molecule has 1 N–H and O–H groups in total. The number of aryl methyl sites for hydroxylation is 1. The van der Waals surface area contributed by atoms with Gasteiger partial charge in [0.05, 0.1) is 9.71 Å². The highest BCUT2D eigenvalue weighted by Crippen LogP contribution is 2.37. The van der Waals surface area contributed by atoms with Crippen LogP contribution in [0.3, 0.4) is 0 Å². The van der Waals surface area contributed by atoms with Crippen LogP contribution in [0.15, 0.2) is 53.6 Å². The monoisotopic (exact) mass is 495 g/mol. The van der Waals surface area contributed by atoms with Gasteiger partial charge >= 0.3 is 0 Å². The van der Waals surface area contributed by atoms with Gasteiger partial charge in [-0.1, -0.05) is 12.8 Å². The maximum atomic E-state index is 13.6. The zero-order valence-electron chi connectivity index (χ0n) is 20.5. The molecule has 5 rings (SSSR count). The van der Waals surface area contributed by atoms with Gasteiger partial charge in [-0.25, -0.2) is 8.60 Å². The van der Waals surface area contributed by atoms with E-state index in [1.54, 1.807) is 24.4 Å². The Labute approximate surface area is 207 Å². The fourth-order valence-corrected chi connectivity index (χ4v) is 7.24. The molecule has 1 unspecified atom stereocenters. The van der Waals surface area contributed by atoms with Crippen LogP contribution in [-0.4, -0.2) is 38.0 Å². The predicted molar refractivity (Wildman–Crippen MR) is 142 cm³/mol. The number of fused-ring (bicyclic) bond motifs is 1. The first kappa shape index (κ1) is 23.9. The summed E-state index contributed by atoms with van der Waals surface area (Å²) in [5, 5.41) is 2.79. The summed E-state index contributed by atoms with van der Waals surface area (Å²) in [4.78, 5) is 15.5. The lowest BCUT2D eigenvalue weighted by Gasteiger charge is -2.33. The Morgan fingerprint density at radius 2 is 1.74 bits per heavy atom.